The Bertz CT molecular complexity index is 1390. The van der Waals surface area contributed by atoms with E-state index in [2.05, 4.69) is 105 Å². The van der Waals surface area contributed by atoms with E-state index in [1.807, 2.05) is 22.8 Å². The molecule has 0 bridgehead atoms. The average Bonchev–Trinajstić information content (AvgIpc) is 3.30. The first-order chi connectivity index (χ1) is 17.0. The van der Waals surface area contributed by atoms with Crippen molar-refractivity contribution in [2.75, 3.05) is 6.61 Å². The number of halogens is 2. The largest absolute Gasteiger partial charge is 0.463 e. The lowest BCUT2D eigenvalue weighted by Gasteiger charge is -2.17. The molecule has 0 N–H and O–H groups in total. The van der Waals surface area contributed by atoms with Crippen molar-refractivity contribution in [3.05, 3.63) is 106 Å². The van der Waals surface area contributed by atoms with Crippen LogP contribution >= 0.6 is 44.3 Å². The number of benzene rings is 3. The van der Waals surface area contributed by atoms with Crippen LogP contribution in [0.4, 0.5) is 0 Å². The minimum atomic E-state index is -0.332. The van der Waals surface area contributed by atoms with Crippen LogP contribution in [0.25, 0.3) is 28.1 Å². The van der Waals surface area contributed by atoms with Crippen LogP contribution in [0.5, 0.6) is 0 Å². The van der Waals surface area contributed by atoms with Crippen molar-refractivity contribution in [2.45, 2.75) is 20.3 Å². The summed E-state index contributed by atoms with van der Waals surface area (Å²) in [6.07, 6.45) is 6.63. The van der Waals surface area contributed by atoms with Crippen LogP contribution in [-0.4, -0.2) is 22.1 Å². The molecule has 178 valence electrons. The van der Waals surface area contributed by atoms with Gasteiger partial charge in [0.2, 0.25) is 0 Å². The first kappa shape index (κ1) is 25.8. The van der Waals surface area contributed by atoms with Gasteiger partial charge in [-0.2, -0.15) is 5.10 Å². The lowest BCUT2D eigenvalue weighted by atomic mass is 9.87. The molecule has 1 unspecified atom stereocenters. The van der Waals surface area contributed by atoms with Gasteiger partial charge in [-0.05, 0) is 99.1 Å². The summed E-state index contributed by atoms with van der Waals surface area (Å²) in [5, 5.41) is 5.66. The predicted octanol–water partition coefficient (Wildman–Crippen LogP) is 8.54. The standard InChI is InChI=1S/C28H25BrIN2O2P/c1-3-25(20-10-13-24(29)14-11-20)28(22-12-15-26-23(17-22)18-31-32(26)35-30)21-8-5-19(6-9-21)7-16-27(33)34-4-2/h5-18,35H,3-4H2,1-2H3/b16-7+,28-25+. The molecule has 3 aromatic carbocycles. The highest BCUT2D eigenvalue weighted by Gasteiger charge is 2.15. The third kappa shape index (κ3) is 6.11. The monoisotopic (exact) mass is 658 g/mol. The summed E-state index contributed by atoms with van der Waals surface area (Å²) in [4.78, 5) is 11.7. The summed E-state index contributed by atoms with van der Waals surface area (Å²) in [6, 6.07) is 23.4. The molecule has 0 amide bonds. The van der Waals surface area contributed by atoms with Gasteiger partial charge in [-0.15, -0.1) is 0 Å². The Labute approximate surface area is 228 Å². The minimum Gasteiger partial charge on any atom is -0.463 e. The van der Waals surface area contributed by atoms with E-state index in [-0.39, 0.29) is 5.97 Å². The summed E-state index contributed by atoms with van der Waals surface area (Å²) in [6.45, 7) is 4.37. The number of carbonyl (C=O) groups excluding carboxylic acids is 1. The van der Waals surface area contributed by atoms with Crippen LogP contribution in [-0.2, 0) is 9.53 Å². The third-order valence-electron chi connectivity index (χ3n) is 5.68. The van der Waals surface area contributed by atoms with E-state index in [1.165, 1.54) is 22.8 Å². The molecular formula is C28H25BrIN2O2P. The van der Waals surface area contributed by atoms with Gasteiger partial charge in [0.1, 0.15) is 0 Å². The fourth-order valence-electron chi connectivity index (χ4n) is 4.06. The summed E-state index contributed by atoms with van der Waals surface area (Å²) in [7, 11) is 0. The van der Waals surface area contributed by atoms with Crippen LogP contribution < -0.4 is 0 Å². The van der Waals surface area contributed by atoms with Gasteiger partial charge in [0.05, 0.1) is 24.7 Å². The summed E-state index contributed by atoms with van der Waals surface area (Å²) < 4.78 is 8.08. The number of esters is 1. The highest BCUT2D eigenvalue weighted by molar-refractivity contribution is 14.2. The Morgan fingerprint density at radius 3 is 2.37 bits per heavy atom. The second-order valence-corrected chi connectivity index (χ2v) is 10.8. The Balaban J connectivity index is 1.83. The number of hydrogen-bond donors (Lipinski definition) is 0. The molecule has 0 fully saturated rings. The second kappa shape index (κ2) is 12.1. The van der Waals surface area contributed by atoms with Crippen molar-refractivity contribution in [3.63, 3.8) is 0 Å². The lowest BCUT2D eigenvalue weighted by molar-refractivity contribution is -0.137. The number of rotatable bonds is 8. The number of aromatic nitrogens is 2. The van der Waals surface area contributed by atoms with E-state index in [4.69, 9.17) is 4.74 Å². The number of carbonyl (C=O) groups is 1. The molecule has 7 heteroatoms. The van der Waals surface area contributed by atoms with E-state index >= 15 is 0 Å². The molecule has 1 atom stereocenters. The van der Waals surface area contributed by atoms with Crippen LogP contribution in [0.1, 0.15) is 42.5 Å². The number of allylic oxidation sites excluding steroid dienone is 1. The van der Waals surface area contributed by atoms with Crippen molar-refractivity contribution in [3.8, 4) is 0 Å². The van der Waals surface area contributed by atoms with Crippen LogP contribution in [0.15, 0.2) is 83.5 Å². The van der Waals surface area contributed by atoms with Gasteiger partial charge >= 0.3 is 5.97 Å². The number of nitrogens with zero attached hydrogens (tertiary/aromatic N) is 2. The summed E-state index contributed by atoms with van der Waals surface area (Å²) >= 11 is 5.91. The van der Waals surface area contributed by atoms with Gasteiger partial charge in [-0.1, -0.05) is 65.3 Å². The van der Waals surface area contributed by atoms with Crippen molar-refractivity contribution in [1.82, 2.24) is 9.55 Å². The number of fused-ring (bicyclic) bond motifs is 1. The zero-order valence-electron chi connectivity index (χ0n) is 19.5. The van der Waals surface area contributed by atoms with E-state index in [9.17, 15) is 4.79 Å². The molecular weight excluding hydrogens is 634 g/mol. The van der Waals surface area contributed by atoms with E-state index in [0.717, 1.165) is 38.5 Å². The molecule has 0 saturated heterocycles. The van der Waals surface area contributed by atoms with E-state index < -0.39 is 0 Å². The summed E-state index contributed by atoms with van der Waals surface area (Å²) in [5.41, 5.74) is 8.03. The molecule has 4 nitrogen and oxygen atoms in total. The van der Waals surface area contributed by atoms with Crippen LogP contribution in [0, 0.1) is 0 Å². The lowest BCUT2D eigenvalue weighted by Crippen LogP contribution is -1.98. The van der Waals surface area contributed by atoms with E-state index in [0.29, 0.717) is 13.0 Å². The topological polar surface area (TPSA) is 44.1 Å². The van der Waals surface area contributed by atoms with Crippen LogP contribution in [0.2, 0.25) is 0 Å². The Hall–Kier alpha value is -2.28. The molecule has 1 aromatic heterocycles. The van der Waals surface area contributed by atoms with Crippen molar-refractivity contribution < 1.29 is 9.53 Å². The highest BCUT2D eigenvalue weighted by Crippen LogP contribution is 2.37. The normalized spacial score (nSPS) is 12.6. The smallest absolute Gasteiger partial charge is 0.330 e. The third-order valence-corrected chi connectivity index (χ3v) is 8.10. The first-order valence-corrected chi connectivity index (χ1v) is 16.2. The van der Waals surface area contributed by atoms with E-state index in [1.54, 1.807) is 13.0 Å². The second-order valence-electron chi connectivity index (χ2n) is 7.84. The minimum absolute atomic E-state index is 0.332. The molecule has 35 heavy (non-hydrogen) atoms. The number of ether oxygens (including phenoxy) is 1. The Kier molecular flexibility index (Phi) is 8.93. The molecule has 0 aliphatic heterocycles. The molecule has 0 saturated carbocycles. The quantitative estimate of drug-likeness (QED) is 0.0627. The SMILES string of the molecule is CCOC(=O)/C=C/c1ccc(/C(=C(/CC)c2ccc(Br)cc2)c2ccc3c(cnn3PI)c2)cc1. The maximum absolute atomic E-state index is 11.7. The van der Waals surface area contributed by atoms with Crippen molar-refractivity contribution >= 4 is 78.4 Å². The van der Waals surface area contributed by atoms with Gasteiger partial charge < -0.3 is 4.74 Å². The van der Waals surface area contributed by atoms with Gasteiger partial charge in [-0.3, -0.25) is 0 Å². The van der Waals surface area contributed by atoms with Gasteiger partial charge in [-0.25, -0.2) is 9.25 Å². The molecule has 4 aromatic rings. The number of hydrogen-bond acceptors (Lipinski definition) is 3. The molecule has 1 heterocycles. The zero-order valence-corrected chi connectivity index (χ0v) is 24.2. The van der Waals surface area contributed by atoms with Gasteiger partial charge in [0.25, 0.3) is 0 Å². The maximum Gasteiger partial charge on any atom is 0.330 e. The maximum atomic E-state index is 11.7. The zero-order chi connectivity index (χ0) is 24.8. The fourth-order valence-corrected chi connectivity index (χ4v) is 5.88. The fraction of sp³-hybridized carbons (Fsp3) is 0.143. The molecule has 4 rings (SSSR count). The highest BCUT2D eigenvalue weighted by atomic mass is 127. The molecule has 0 radical (unpaired) electrons. The van der Waals surface area contributed by atoms with Crippen molar-refractivity contribution in [2.24, 2.45) is 0 Å². The van der Waals surface area contributed by atoms with Crippen LogP contribution in [0.3, 0.4) is 0 Å². The first-order valence-electron chi connectivity index (χ1n) is 11.3. The van der Waals surface area contributed by atoms with Crippen molar-refractivity contribution in [1.29, 1.82) is 0 Å². The molecule has 0 aliphatic rings. The van der Waals surface area contributed by atoms with Gasteiger partial charge in [0, 0.05) is 15.9 Å². The summed E-state index contributed by atoms with van der Waals surface area (Å²) in [5.74, 6) is -0.332. The average molecular weight is 659 g/mol. The molecule has 0 spiro atoms. The van der Waals surface area contributed by atoms with Gasteiger partial charge in [0.15, 0.2) is 0 Å². The molecule has 0 aliphatic carbocycles. The predicted molar refractivity (Wildman–Crippen MR) is 160 cm³/mol. The Morgan fingerprint density at radius 1 is 1.03 bits per heavy atom. The Morgan fingerprint density at radius 2 is 1.71 bits per heavy atom.